The Morgan fingerprint density at radius 3 is 1.05 bits per heavy atom. The molecular weight excluding hydrogens is 1270 g/mol. The van der Waals surface area contributed by atoms with E-state index < -0.39 is 0 Å². The summed E-state index contributed by atoms with van der Waals surface area (Å²) in [7, 11) is 0. The summed E-state index contributed by atoms with van der Waals surface area (Å²) in [6, 6.07) is 107. The lowest BCUT2D eigenvalue weighted by Gasteiger charge is -2.10. The minimum atomic E-state index is 0.817. The number of aromatic nitrogens is 2. The van der Waals surface area contributed by atoms with E-state index in [1.165, 1.54) is 138 Å². The Bertz CT molecular complexity index is 5970. The SMILES string of the molecule is Brc1ccc2sc3ccccc3c2c1.c1ccc2c(c1)Cc1ccc(Oc3ccc4c(c3)-c3ccccc3C4)cc1-2.c1ccc2c(c1)sc1ccc(-n3c4ccccc4c4cc(Oc5ccc6c(c5)c5ccccc5n6-c5ccc6sc7ccccc7c6c5)ccc43)cc12. The monoisotopic (exact) mass is 1320 g/mol. The number of ether oxygens (including phenoxy) is 2. The van der Waals surface area contributed by atoms with Crippen LogP contribution in [-0.2, 0) is 12.8 Å². The van der Waals surface area contributed by atoms with Crippen molar-refractivity contribution >= 4 is 154 Å². The van der Waals surface area contributed by atoms with E-state index in [0.29, 0.717) is 0 Å². The van der Waals surface area contributed by atoms with Crippen molar-refractivity contribution in [3.05, 3.63) is 324 Å². The van der Waals surface area contributed by atoms with E-state index in [0.717, 1.165) is 62.7 Å². The van der Waals surface area contributed by atoms with Gasteiger partial charge in [0.15, 0.2) is 0 Å². The van der Waals surface area contributed by atoms with Crippen LogP contribution in [0.4, 0.5) is 0 Å². The van der Waals surface area contributed by atoms with Gasteiger partial charge in [0.2, 0.25) is 0 Å². The summed E-state index contributed by atoms with van der Waals surface area (Å²) in [6.07, 6.45) is 2.03. The second kappa shape index (κ2) is 22.3. The van der Waals surface area contributed by atoms with Gasteiger partial charge in [0, 0.05) is 97.9 Å². The molecule has 94 heavy (non-hydrogen) atoms. The van der Waals surface area contributed by atoms with Gasteiger partial charge < -0.3 is 18.6 Å². The number of para-hydroxylation sites is 2. The Balaban J connectivity index is 0.000000125. The maximum absolute atomic E-state index is 6.70. The van der Waals surface area contributed by atoms with Crippen molar-refractivity contribution in [1.29, 1.82) is 0 Å². The summed E-state index contributed by atoms with van der Waals surface area (Å²) >= 11 is 9.06. The van der Waals surface area contributed by atoms with E-state index in [-0.39, 0.29) is 0 Å². The minimum absolute atomic E-state index is 0.817. The topological polar surface area (TPSA) is 28.3 Å². The fourth-order valence-electron chi connectivity index (χ4n) is 14.6. The Morgan fingerprint density at radius 2 is 0.585 bits per heavy atom. The average Bonchev–Trinajstić information content (AvgIpc) is 1.60. The first kappa shape index (κ1) is 55.1. The van der Waals surface area contributed by atoms with Crippen LogP contribution < -0.4 is 9.47 Å². The Kier molecular flexibility index (Phi) is 13.1. The van der Waals surface area contributed by atoms with Gasteiger partial charge in [0.25, 0.3) is 0 Å². The molecule has 5 aromatic heterocycles. The van der Waals surface area contributed by atoms with Gasteiger partial charge in [-0.1, -0.05) is 168 Å². The molecule has 0 saturated heterocycles. The number of thiophene rings is 3. The van der Waals surface area contributed by atoms with Gasteiger partial charge in [0.05, 0.1) is 22.1 Å². The normalized spacial score (nSPS) is 12.2. The van der Waals surface area contributed by atoms with Gasteiger partial charge in [-0.2, -0.15) is 0 Å². The van der Waals surface area contributed by atoms with Crippen molar-refractivity contribution in [2.75, 3.05) is 0 Å². The van der Waals surface area contributed by atoms with E-state index in [1.807, 2.05) is 34.0 Å². The van der Waals surface area contributed by atoms with E-state index in [1.54, 1.807) is 0 Å². The quantitative estimate of drug-likeness (QED) is 0.166. The molecule has 0 fully saturated rings. The summed E-state index contributed by atoms with van der Waals surface area (Å²) in [4.78, 5) is 0. The molecular formula is C86H53BrN2O2S3. The molecule has 0 unspecified atom stereocenters. The van der Waals surface area contributed by atoms with E-state index in [2.05, 4.69) is 322 Å². The molecule has 0 N–H and O–H groups in total. The van der Waals surface area contributed by atoms with Crippen molar-refractivity contribution in [2.24, 2.45) is 0 Å². The van der Waals surface area contributed by atoms with Gasteiger partial charge >= 0.3 is 0 Å². The van der Waals surface area contributed by atoms with Crippen molar-refractivity contribution in [1.82, 2.24) is 9.13 Å². The smallest absolute Gasteiger partial charge is 0.128 e. The number of rotatable bonds is 6. The first-order valence-corrected chi connectivity index (χ1v) is 34.9. The molecule has 0 amide bonds. The Morgan fingerprint density at radius 1 is 0.245 bits per heavy atom. The number of hydrogen-bond donors (Lipinski definition) is 0. The molecule has 14 aromatic carbocycles. The summed E-state index contributed by atoms with van der Waals surface area (Å²) in [5.74, 6) is 3.43. The molecule has 21 rings (SSSR count). The van der Waals surface area contributed by atoms with Crippen LogP contribution >= 0.6 is 49.9 Å². The highest BCUT2D eigenvalue weighted by Crippen LogP contribution is 2.45. The average molecular weight is 1320 g/mol. The third-order valence-corrected chi connectivity index (χ3v) is 22.8. The maximum Gasteiger partial charge on any atom is 0.128 e. The molecule has 444 valence electrons. The summed E-state index contributed by atoms with van der Waals surface area (Å²) < 4.78 is 26.9. The third-order valence-electron chi connectivity index (χ3n) is 18.9. The number of benzene rings is 14. The Hall–Kier alpha value is -10.6. The van der Waals surface area contributed by atoms with Gasteiger partial charge in [-0.25, -0.2) is 0 Å². The lowest BCUT2D eigenvalue weighted by atomic mass is 10.1. The van der Waals surface area contributed by atoms with Crippen LogP contribution in [0, 0.1) is 0 Å². The molecule has 4 nitrogen and oxygen atoms in total. The van der Waals surface area contributed by atoms with Gasteiger partial charge in [-0.15, -0.1) is 34.0 Å². The number of halogens is 1. The zero-order valence-electron chi connectivity index (χ0n) is 50.5. The van der Waals surface area contributed by atoms with Crippen LogP contribution in [0.1, 0.15) is 22.3 Å². The van der Waals surface area contributed by atoms with Crippen LogP contribution in [0.15, 0.2) is 302 Å². The fraction of sp³-hybridized carbons (Fsp3) is 0.0233. The van der Waals surface area contributed by atoms with E-state index >= 15 is 0 Å². The predicted octanol–water partition coefficient (Wildman–Crippen LogP) is 25.8. The molecule has 8 heteroatoms. The maximum atomic E-state index is 6.70. The van der Waals surface area contributed by atoms with Crippen molar-refractivity contribution < 1.29 is 9.47 Å². The zero-order chi connectivity index (χ0) is 62.0. The van der Waals surface area contributed by atoms with Gasteiger partial charge in [-0.05, 0) is 203 Å². The molecule has 5 heterocycles. The van der Waals surface area contributed by atoms with E-state index in [4.69, 9.17) is 9.47 Å². The summed E-state index contributed by atoms with van der Waals surface area (Å²) in [5, 5.41) is 12.7. The van der Waals surface area contributed by atoms with Crippen LogP contribution in [-0.4, -0.2) is 9.13 Å². The lowest BCUT2D eigenvalue weighted by molar-refractivity contribution is 0.483. The minimum Gasteiger partial charge on any atom is -0.457 e. The summed E-state index contributed by atoms with van der Waals surface area (Å²) in [6.45, 7) is 0. The lowest BCUT2D eigenvalue weighted by Crippen LogP contribution is -1.94. The summed E-state index contributed by atoms with van der Waals surface area (Å²) in [5.41, 5.74) is 17.8. The largest absolute Gasteiger partial charge is 0.457 e. The Labute approximate surface area is 561 Å². The first-order valence-electron chi connectivity index (χ1n) is 31.7. The highest BCUT2D eigenvalue weighted by atomic mass is 79.9. The molecule has 2 aliphatic rings. The standard InChI is InChI=1S/C48H28N2OS2.C26H18O.C12H7BrS/c1-5-13-41-33(9-1)37-27-31(19-21-43(37)49(41)29-17-23-47-39(25-29)35-11-3-7-15-45(35)52-47)51-32-20-22-44-38(28-32)34-10-2-6-14-42(34)50(44)30-18-24-48-40(26-30)36-12-4-8-16-46(36)53-48;1-3-7-23-17(5-1)13-19-9-11-21(15-25(19)23)27-22-12-10-20-14-18-6-2-4-8-24(18)26(20)16-22;13-8-5-6-12-10(7-8)9-3-1-2-4-11(9)14-12/h1-28H;1-12,15-16H,13-14H2;1-7H. The molecule has 0 aliphatic heterocycles. The van der Waals surface area contributed by atoms with Gasteiger partial charge in [0.1, 0.15) is 23.0 Å². The fourth-order valence-corrected chi connectivity index (χ4v) is 18.2. The van der Waals surface area contributed by atoms with Crippen molar-refractivity contribution in [3.8, 4) is 56.6 Å². The second-order valence-electron chi connectivity index (χ2n) is 24.4. The van der Waals surface area contributed by atoms with Gasteiger partial charge in [-0.3, -0.25) is 0 Å². The first-order chi connectivity index (χ1) is 46.4. The highest BCUT2D eigenvalue weighted by Gasteiger charge is 2.22. The van der Waals surface area contributed by atoms with E-state index in [9.17, 15) is 0 Å². The third kappa shape index (κ3) is 9.34. The molecule has 0 saturated carbocycles. The molecule has 0 radical (unpaired) electrons. The zero-order valence-corrected chi connectivity index (χ0v) is 54.6. The number of nitrogens with zero attached hydrogens (tertiary/aromatic N) is 2. The molecule has 2 aliphatic carbocycles. The van der Waals surface area contributed by atoms with Crippen LogP contribution in [0.2, 0.25) is 0 Å². The number of hydrogen-bond acceptors (Lipinski definition) is 5. The van der Waals surface area contributed by atoms with Crippen LogP contribution in [0.3, 0.4) is 0 Å². The molecule has 19 aromatic rings. The van der Waals surface area contributed by atoms with Crippen molar-refractivity contribution in [2.45, 2.75) is 12.8 Å². The molecule has 0 bridgehead atoms. The van der Waals surface area contributed by atoms with Crippen LogP contribution in [0.25, 0.3) is 138 Å². The predicted molar refractivity (Wildman–Crippen MR) is 404 cm³/mol. The molecule has 0 atom stereocenters. The second-order valence-corrected chi connectivity index (χ2v) is 28.5. The highest BCUT2D eigenvalue weighted by molar-refractivity contribution is 9.10. The molecule has 0 spiro atoms. The van der Waals surface area contributed by atoms with Crippen molar-refractivity contribution in [3.63, 3.8) is 0 Å². The van der Waals surface area contributed by atoms with Crippen LogP contribution in [0.5, 0.6) is 23.0 Å². The number of fused-ring (bicyclic) bond motifs is 21.